The van der Waals surface area contributed by atoms with Gasteiger partial charge in [0, 0.05) is 17.1 Å². The Labute approximate surface area is 142 Å². The molecule has 0 bridgehead atoms. The monoisotopic (exact) mass is 370 g/mol. The van der Waals surface area contributed by atoms with E-state index in [0.717, 1.165) is 12.1 Å². The highest BCUT2D eigenvalue weighted by Crippen LogP contribution is 2.37. The molecular formula is C17H8F6N2O. The SMILES string of the molecule is O=C(c1ccccn1)c1cc(C(F)(F)F)nc2c(C(F)(F)F)cccc12. The zero-order valence-electron chi connectivity index (χ0n) is 12.7. The van der Waals surface area contributed by atoms with E-state index in [-0.39, 0.29) is 11.1 Å². The lowest BCUT2D eigenvalue weighted by Gasteiger charge is -2.15. The minimum Gasteiger partial charge on any atom is -0.287 e. The van der Waals surface area contributed by atoms with Gasteiger partial charge < -0.3 is 0 Å². The van der Waals surface area contributed by atoms with Crippen molar-refractivity contribution in [3.63, 3.8) is 0 Å². The molecule has 0 atom stereocenters. The molecule has 0 amide bonds. The number of halogens is 6. The average Bonchev–Trinajstić information content (AvgIpc) is 2.58. The molecule has 2 heterocycles. The molecule has 0 aliphatic rings. The summed E-state index contributed by atoms with van der Waals surface area (Å²) < 4.78 is 78.9. The molecule has 2 aromatic heterocycles. The summed E-state index contributed by atoms with van der Waals surface area (Å²) in [4.78, 5) is 19.4. The van der Waals surface area contributed by atoms with Gasteiger partial charge in [0.05, 0.1) is 11.1 Å². The van der Waals surface area contributed by atoms with Crippen LogP contribution in [0.15, 0.2) is 48.7 Å². The molecular weight excluding hydrogens is 362 g/mol. The molecule has 0 radical (unpaired) electrons. The number of hydrogen-bond donors (Lipinski definition) is 0. The first-order valence-corrected chi connectivity index (χ1v) is 7.13. The Kier molecular flexibility index (Phi) is 4.17. The molecule has 0 saturated heterocycles. The van der Waals surface area contributed by atoms with Gasteiger partial charge in [-0.2, -0.15) is 26.3 Å². The van der Waals surface area contributed by atoms with Crippen LogP contribution < -0.4 is 0 Å². The van der Waals surface area contributed by atoms with E-state index in [1.165, 1.54) is 24.4 Å². The van der Waals surface area contributed by atoms with Gasteiger partial charge in [0.25, 0.3) is 0 Å². The van der Waals surface area contributed by atoms with Gasteiger partial charge in [-0.1, -0.05) is 18.2 Å². The van der Waals surface area contributed by atoms with E-state index in [1.807, 2.05) is 0 Å². The lowest BCUT2D eigenvalue weighted by atomic mass is 9.99. The van der Waals surface area contributed by atoms with Crippen molar-refractivity contribution in [3.05, 3.63) is 71.2 Å². The predicted molar refractivity (Wildman–Crippen MR) is 79.4 cm³/mol. The third kappa shape index (κ3) is 3.24. The van der Waals surface area contributed by atoms with E-state index in [4.69, 9.17) is 0 Å². The Bertz CT molecular complexity index is 980. The van der Waals surface area contributed by atoms with E-state index in [2.05, 4.69) is 9.97 Å². The number of aromatic nitrogens is 2. The fraction of sp³-hybridized carbons (Fsp3) is 0.118. The highest BCUT2D eigenvalue weighted by atomic mass is 19.4. The number of hydrogen-bond acceptors (Lipinski definition) is 3. The van der Waals surface area contributed by atoms with Gasteiger partial charge in [-0.15, -0.1) is 0 Å². The first kappa shape index (κ1) is 17.8. The van der Waals surface area contributed by atoms with Crippen LogP contribution in [0.2, 0.25) is 0 Å². The number of alkyl halides is 6. The summed E-state index contributed by atoms with van der Waals surface area (Å²) in [5.41, 5.74) is -4.61. The maximum atomic E-state index is 13.2. The zero-order chi connectivity index (χ0) is 19.1. The Balaban J connectivity index is 2.36. The smallest absolute Gasteiger partial charge is 0.287 e. The third-order valence-electron chi connectivity index (χ3n) is 3.58. The summed E-state index contributed by atoms with van der Waals surface area (Å²) in [7, 11) is 0. The van der Waals surface area contributed by atoms with Crippen molar-refractivity contribution in [1.29, 1.82) is 0 Å². The van der Waals surface area contributed by atoms with Gasteiger partial charge in [-0.25, -0.2) is 4.98 Å². The molecule has 0 spiro atoms. The average molecular weight is 370 g/mol. The normalized spacial score (nSPS) is 12.4. The molecule has 0 fully saturated rings. The number of carbonyl (C=O) groups is 1. The van der Waals surface area contributed by atoms with Crippen LogP contribution >= 0.6 is 0 Å². The van der Waals surface area contributed by atoms with Crippen LogP contribution in [0.3, 0.4) is 0 Å². The van der Waals surface area contributed by atoms with Crippen LogP contribution in [0.4, 0.5) is 26.3 Å². The number of ketones is 1. The minimum atomic E-state index is -5.02. The van der Waals surface area contributed by atoms with Crippen molar-refractivity contribution in [1.82, 2.24) is 9.97 Å². The summed E-state index contributed by atoms with van der Waals surface area (Å²) in [6.07, 6.45) is -8.70. The first-order chi connectivity index (χ1) is 12.1. The third-order valence-corrected chi connectivity index (χ3v) is 3.58. The number of fused-ring (bicyclic) bond motifs is 1. The predicted octanol–water partition coefficient (Wildman–Crippen LogP) is 4.90. The topological polar surface area (TPSA) is 42.9 Å². The number of nitrogens with zero attached hydrogens (tertiary/aromatic N) is 2. The van der Waals surface area contributed by atoms with E-state index in [1.54, 1.807) is 0 Å². The maximum absolute atomic E-state index is 13.2. The van der Waals surface area contributed by atoms with Crippen molar-refractivity contribution >= 4 is 16.7 Å². The summed E-state index contributed by atoms with van der Waals surface area (Å²) in [5.74, 6) is -0.928. The van der Waals surface area contributed by atoms with Crippen molar-refractivity contribution in [2.24, 2.45) is 0 Å². The van der Waals surface area contributed by atoms with Crippen LogP contribution in [0, 0.1) is 0 Å². The van der Waals surface area contributed by atoms with Crippen molar-refractivity contribution in [2.45, 2.75) is 12.4 Å². The van der Waals surface area contributed by atoms with Gasteiger partial charge in [0.1, 0.15) is 11.4 Å². The molecule has 0 N–H and O–H groups in total. The van der Waals surface area contributed by atoms with E-state index in [0.29, 0.717) is 12.1 Å². The minimum absolute atomic E-state index is 0.189. The van der Waals surface area contributed by atoms with Gasteiger partial charge in [-0.05, 0) is 24.3 Å². The molecule has 9 heteroatoms. The quantitative estimate of drug-likeness (QED) is 0.476. The standard InChI is InChI=1S/C17H8F6N2O/c18-16(19,20)11-5-3-4-9-10(15(26)12-6-1-2-7-24-12)8-13(17(21,22)23)25-14(9)11/h1-8H. The number of pyridine rings is 2. The zero-order valence-corrected chi connectivity index (χ0v) is 12.7. The Morgan fingerprint density at radius 2 is 1.62 bits per heavy atom. The molecule has 0 aliphatic carbocycles. The summed E-state index contributed by atoms with van der Waals surface area (Å²) in [6, 6.07) is 7.38. The van der Waals surface area contributed by atoms with Crippen molar-refractivity contribution in [3.8, 4) is 0 Å². The lowest BCUT2D eigenvalue weighted by Crippen LogP contribution is -2.15. The van der Waals surface area contributed by atoms with E-state index >= 15 is 0 Å². The number of rotatable bonds is 2. The molecule has 0 unspecified atom stereocenters. The van der Waals surface area contributed by atoms with Crippen LogP contribution in [-0.2, 0) is 12.4 Å². The largest absolute Gasteiger partial charge is 0.433 e. The second kappa shape index (κ2) is 6.08. The van der Waals surface area contributed by atoms with Gasteiger partial charge in [-0.3, -0.25) is 9.78 Å². The molecule has 3 aromatic rings. The molecule has 3 nitrogen and oxygen atoms in total. The first-order valence-electron chi connectivity index (χ1n) is 7.13. The molecule has 26 heavy (non-hydrogen) atoms. The summed E-state index contributed by atoms with van der Waals surface area (Å²) in [6.45, 7) is 0. The van der Waals surface area contributed by atoms with Gasteiger partial charge in [0.15, 0.2) is 0 Å². The number of benzene rings is 1. The summed E-state index contributed by atoms with van der Waals surface area (Å²) >= 11 is 0. The van der Waals surface area contributed by atoms with Gasteiger partial charge >= 0.3 is 12.4 Å². The Morgan fingerprint density at radius 1 is 0.885 bits per heavy atom. The van der Waals surface area contributed by atoms with E-state index < -0.39 is 40.5 Å². The van der Waals surface area contributed by atoms with Crippen LogP contribution in [-0.4, -0.2) is 15.8 Å². The molecule has 1 aromatic carbocycles. The van der Waals surface area contributed by atoms with Crippen LogP contribution in [0.5, 0.6) is 0 Å². The second-order valence-electron chi connectivity index (χ2n) is 5.30. The number of para-hydroxylation sites is 1. The Hall–Kier alpha value is -2.97. The molecule has 0 saturated carbocycles. The van der Waals surface area contributed by atoms with Crippen molar-refractivity contribution in [2.75, 3.05) is 0 Å². The lowest BCUT2D eigenvalue weighted by molar-refractivity contribution is -0.142. The Morgan fingerprint density at radius 3 is 2.19 bits per heavy atom. The highest BCUT2D eigenvalue weighted by molar-refractivity contribution is 6.15. The van der Waals surface area contributed by atoms with Crippen molar-refractivity contribution < 1.29 is 31.1 Å². The maximum Gasteiger partial charge on any atom is 0.433 e. The highest BCUT2D eigenvalue weighted by Gasteiger charge is 2.38. The molecule has 0 aliphatic heterocycles. The second-order valence-corrected chi connectivity index (χ2v) is 5.30. The number of carbonyl (C=O) groups excluding carboxylic acids is 1. The summed E-state index contributed by atoms with van der Waals surface area (Å²) in [5, 5.41) is -0.330. The van der Waals surface area contributed by atoms with Crippen LogP contribution in [0.25, 0.3) is 10.9 Å². The fourth-order valence-corrected chi connectivity index (χ4v) is 2.45. The van der Waals surface area contributed by atoms with Gasteiger partial charge in [0.2, 0.25) is 5.78 Å². The molecule has 134 valence electrons. The van der Waals surface area contributed by atoms with E-state index in [9.17, 15) is 31.1 Å². The fourth-order valence-electron chi connectivity index (χ4n) is 2.45. The van der Waals surface area contributed by atoms with Crippen LogP contribution in [0.1, 0.15) is 27.3 Å². The molecule has 3 rings (SSSR count).